The van der Waals surface area contributed by atoms with Crippen LogP contribution in [0, 0.1) is 0 Å². The van der Waals surface area contributed by atoms with E-state index in [9.17, 15) is 4.79 Å². The number of nitrogens with one attached hydrogen (secondary N) is 1. The van der Waals surface area contributed by atoms with Gasteiger partial charge in [-0.15, -0.1) is 11.3 Å². The zero-order chi connectivity index (χ0) is 15.1. The summed E-state index contributed by atoms with van der Waals surface area (Å²) in [5, 5.41) is 3.28. The van der Waals surface area contributed by atoms with E-state index in [0.717, 1.165) is 29.4 Å². The molecule has 1 amide bonds. The number of amides is 1. The SMILES string of the molecule is C[C@H]1c2ccsc2CCN1C(=O)Cc1c[nH]c2ccccc12. The summed E-state index contributed by atoms with van der Waals surface area (Å²) in [5.74, 6) is 0.217. The number of carbonyl (C=O) groups is 1. The van der Waals surface area contributed by atoms with Gasteiger partial charge in [0.05, 0.1) is 12.5 Å². The van der Waals surface area contributed by atoms with E-state index in [1.165, 1.54) is 10.4 Å². The van der Waals surface area contributed by atoms with Crippen molar-refractivity contribution < 1.29 is 4.79 Å². The number of benzene rings is 1. The number of para-hydroxylation sites is 1. The zero-order valence-corrected chi connectivity index (χ0v) is 13.3. The van der Waals surface area contributed by atoms with Gasteiger partial charge in [-0.2, -0.15) is 0 Å². The van der Waals surface area contributed by atoms with Crippen molar-refractivity contribution in [2.75, 3.05) is 6.54 Å². The van der Waals surface area contributed by atoms with Gasteiger partial charge >= 0.3 is 0 Å². The Kier molecular flexibility index (Phi) is 3.26. The lowest BCUT2D eigenvalue weighted by atomic mass is 10.0. The van der Waals surface area contributed by atoms with E-state index in [0.29, 0.717) is 6.42 Å². The van der Waals surface area contributed by atoms with Crippen molar-refractivity contribution in [3.8, 4) is 0 Å². The summed E-state index contributed by atoms with van der Waals surface area (Å²) in [7, 11) is 0. The lowest BCUT2D eigenvalue weighted by molar-refractivity contribution is -0.132. The number of carbonyl (C=O) groups excluding carboxylic acids is 1. The first-order chi connectivity index (χ1) is 10.7. The summed E-state index contributed by atoms with van der Waals surface area (Å²) in [6, 6.07) is 10.5. The molecule has 0 bridgehead atoms. The second kappa shape index (κ2) is 5.29. The zero-order valence-electron chi connectivity index (χ0n) is 12.5. The molecule has 0 aliphatic carbocycles. The van der Waals surface area contributed by atoms with Crippen LogP contribution in [0.1, 0.15) is 29.0 Å². The van der Waals surface area contributed by atoms with Gasteiger partial charge in [0.2, 0.25) is 5.91 Å². The second-order valence-electron chi connectivity index (χ2n) is 5.85. The Morgan fingerprint density at radius 3 is 3.14 bits per heavy atom. The molecule has 0 radical (unpaired) electrons. The van der Waals surface area contributed by atoms with Crippen molar-refractivity contribution in [3.63, 3.8) is 0 Å². The van der Waals surface area contributed by atoms with Crippen LogP contribution in [-0.4, -0.2) is 22.3 Å². The molecule has 1 N–H and O–H groups in total. The Morgan fingerprint density at radius 1 is 1.36 bits per heavy atom. The number of hydrogen-bond donors (Lipinski definition) is 1. The predicted octanol–water partition coefficient (Wildman–Crippen LogP) is 3.92. The first-order valence-corrected chi connectivity index (χ1v) is 8.53. The molecular formula is C18H18N2OS. The Balaban J connectivity index is 1.58. The van der Waals surface area contributed by atoms with Crippen molar-refractivity contribution in [2.45, 2.75) is 25.8 Å². The highest BCUT2D eigenvalue weighted by Crippen LogP contribution is 2.33. The average Bonchev–Trinajstić information content (AvgIpc) is 3.15. The number of rotatable bonds is 2. The molecule has 0 saturated carbocycles. The van der Waals surface area contributed by atoms with Crippen LogP contribution in [-0.2, 0) is 17.6 Å². The minimum atomic E-state index is 0.188. The number of aromatic nitrogens is 1. The molecule has 0 spiro atoms. The van der Waals surface area contributed by atoms with E-state index in [1.54, 1.807) is 0 Å². The van der Waals surface area contributed by atoms with Crippen LogP contribution in [0.25, 0.3) is 10.9 Å². The van der Waals surface area contributed by atoms with Gasteiger partial charge in [-0.1, -0.05) is 18.2 Å². The molecule has 1 atom stereocenters. The highest BCUT2D eigenvalue weighted by atomic mass is 32.1. The third-order valence-electron chi connectivity index (χ3n) is 4.61. The average molecular weight is 310 g/mol. The molecule has 4 heteroatoms. The predicted molar refractivity (Wildman–Crippen MR) is 90.2 cm³/mol. The number of thiophene rings is 1. The first kappa shape index (κ1) is 13.6. The van der Waals surface area contributed by atoms with Crippen LogP contribution in [0.5, 0.6) is 0 Å². The van der Waals surface area contributed by atoms with Crippen LogP contribution in [0.3, 0.4) is 0 Å². The molecule has 112 valence electrons. The molecule has 1 aliphatic heterocycles. The number of nitrogens with zero attached hydrogens (tertiary/aromatic N) is 1. The number of hydrogen-bond acceptors (Lipinski definition) is 2. The van der Waals surface area contributed by atoms with Gasteiger partial charge in [0.15, 0.2) is 0 Å². The molecule has 0 saturated heterocycles. The summed E-state index contributed by atoms with van der Waals surface area (Å²) in [6.07, 6.45) is 3.41. The maximum atomic E-state index is 12.8. The summed E-state index contributed by atoms with van der Waals surface area (Å²) >= 11 is 1.81. The summed E-state index contributed by atoms with van der Waals surface area (Å²) in [5.41, 5.74) is 3.50. The molecule has 22 heavy (non-hydrogen) atoms. The van der Waals surface area contributed by atoms with E-state index in [-0.39, 0.29) is 11.9 Å². The van der Waals surface area contributed by atoms with Gasteiger partial charge in [-0.25, -0.2) is 0 Å². The molecule has 0 unspecified atom stereocenters. The van der Waals surface area contributed by atoms with E-state index in [4.69, 9.17) is 0 Å². The molecule has 3 heterocycles. The monoisotopic (exact) mass is 310 g/mol. The standard InChI is InChI=1S/C18H18N2OS/c1-12-14-7-9-22-17(14)6-8-20(12)18(21)10-13-11-19-16-5-3-2-4-15(13)16/h2-5,7,9,11-12,19H,6,8,10H2,1H3/t12-/m0/s1. The van der Waals surface area contributed by atoms with Crippen LogP contribution in [0.15, 0.2) is 41.9 Å². The third-order valence-corrected chi connectivity index (χ3v) is 5.61. The van der Waals surface area contributed by atoms with E-state index in [1.807, 2.05) is 40.6 Å². The highest BCUT2D eigenvalue weighted by molar-refractivity contribution is 7.10. The van der Waals surface area contributed by atoms with Gasteiger partial charge in [0, 0.05) is 28.5 Å². The van der Waals surface area contributed by atoms with Crippen LogP contribution in [0.4, 0.5) is 0 Å². The minimum Gasteiger partial charge on any atom is -0.361 e. The van der Waals surface area contributed by atoms with Gasteiger partial charge in [0.1, 0.15) is 0 Å². The molecule has 3 aromatic rings. The van der Waals surface area contributed by atoms with Gasteiger partial charge < -0.3 is 9.88 Å². The Hall–Kier alpha value is -2.07. The topological polar surface area (TPSA) is 36.1 Å². The summed E-state index contributed by atoms with van der Waals surface area (Å²) < 4.78 is 0. The smallest absolute Gasteiger partial charge is 0.227 e. The van der Waals surface area contributed by atoms with Gasteiger partial charge in [0.25, 0.3) is 0 Å². The fourth-order valence-electron chi connectivity index (χ4n) is 3.39. The lowest BCUT2D eigenvalue weighted by Crippen LogP contribution is -2.39. The largest absolute Gasteiger partial charge is 0.361 e. The van der Waals surface area contributed by atoms with Crippen LogP contribution in [0.2, 0.25) is 0 Å². The van der Waals surface area contributed by atoms with Crippen molar-refractivity contribution in [1.29, 1.82) is 0 Å². The van der Waals surface area contributed by atoms with Gasteiger partial charge in [-0.05, 0) is 42.0 Å². The number of aromatic amines is 1. The second-order valence-corrected chi connectivity index (χ2v) is 6.85. The van der Waals surface area contributed by atoms with Gasteiger partial charge in [-0.3, -0.25) is 4.79 Å². The maximum absolute atomic E-state index is 12.8. The van der Waals surface area contributed by atoms with Crippen molar-refractivity contribution in [3.05, 3.63) is 57.9 Å². The lowest BCUT2D eigenvalue weighted by Gasteiger charge is -2.33. The molecular weight excluding hydrogens is 292 g/mol. The molecule has 3 nitrogen and oxygen atoms in total. The number of H-pyrrole nitrogens is 1. The maximum Gasteiger partial charge on any atom is 0.227 e. The highest BCUT2D eigenvalue weighted by Gasteiger charge is 2.28. The first-order valence-electron chi connectivity index (χ1n) is 7.65. The van der Waals surface area contributed by atoms with Crippen molar-refractivity contribution in [1.82, 2.24) is 9.88 Å². The van der Waals surface area contributed by atoms with E-state index < -0.39 is 0 Å². The molecule has 1 aromatic carbocycles. The fraction of sp³-hybridized carbons (Fsp3) is 0.278. The number of fused-ring (bicyclic) bond motifs is 2. The normalized spacial score (nSPS) is 17.7. The van der Waals surface area contributed by atoms with E-state index >= 15 is 0 Å². The molecule has 0 fully saturated rings. The molecule has 2 aromatic heterocycles. The molecule has 1 aliphatic rings. The third kappa shape index (κ3) is 2.15. The quantitative estimate of drug-likeness (QED) is 0.765. The fourth-order valence-corrected chi connectivity index (χ4v) is 4.36. The van der Waals surface area contributed by atoms with E-state index in [2.05, 4.69) is 29.4 Å². The molecule has 4 rings (SSSR count). The Bertz CT molecular complexity index is 832. The van der Waals surface area contributed by atoms with Crippen molar-refractivity contribution >= 4 is 28.1 Å². The van der Waals surface area contributed by atoms with Crippen LogP contribution < -0.4 is 0 Å². The minimum absolute atomic E-state index is 0.188. The summed E-state index contributed by atoms with van der Waals surface area (Å²) in [4.78, 5) is 19.5. The van der Waals surface area contributed by atoms with Crippen LogP contribution >= 0.6 is 11.3 Å². The van der Waals surface area contributed by atoms with Crippen molar-refractivity contribution in [2.24, 2.45) is 0 Å². The Labute approximate surface area is 133 Å². The Morgan fingerprint density at radius 2 is 2.23 bits per heavy atom. The summed E-state index contributed by atoms with van der Waals surface area (Å²) in [6.45, 7) is 2.97.